The van der Waals surface area contributed by atoms with Gasteiger partial charge in [0.25, 0.3) is 5.56 Å². The molecule has 1 heterocycles. The van der Waals surface area contributed by atoms with Crippen LogP contribution in [0.15, 0.2) is 10.9 Å². The highest BCUT2D eigenvalue weighted by molar-refractivity contribution is 5.94. The van der Waals surface area contributed by atoms with Crippen molar-refractivity contribution < 1.29 is 9.90 Å². The molecular weight excluding hydrogens is 160 g/mol. The predicted octanol–water partition coefficient (Wildman–Crippen LogP) is -0.312. The Balaban J connectivity index is 3.43. The van der Waals surface area contributed by atoms with Gasteiger partial charge in [0.15, 0.2) is 17.2 Å². The first-order chi connectivity index (χ1) is 5.52. The van der Waals surface area contributed by atoms with Crippen LogP contribution in [0.4, 0.5) is 0 Å². The molecule has 0 unspecified atom stereocenters. The van der Waals surface area contributed by atoms with E-state index in [4.69, 9.17) is 5.11 Å². The first-order valence-corrected chi connectivity index (χ1v) is 3.30. The minimum Gasteiger partial charge on any atom is -0.505 e. The molecule has 12 heavy (non-hydrogen) atoms. The van der Waals surface area contributed by atoms with Gasteiger partial charge in [-0.1, -0.05) is 0 Å². The average molecular weight is 168 g/mol. The van der Waals surface area contributed by atoms with Gasteiger partial charge in [-0.3, -0.25) is 9.59 Å². The molecule has 0 aliphatic rings. The first-order valence-electron chi connectivity index (χ1n) is 3.30. The third-order valence-corrected chi connectivity index (χ3v) is 1.41. The van der Waals surface area contributed by atoms with E-state index in [1.165, 1.54) is 14.0 Å². The van der Waals surface area contributed by atoms with Gasteiger partial charge in [0, 0.05) is 20.0 Å². The zero-order chi connectivity index (χ0) is 9.30. The van der Waals surface area contributed by atoms with Crippen molar-refractivity contribution in [1.82, 2.24) is 9.78 Å². The van der Waals surface area contributed by atoms with E-state index in [1.54, 1.807) is 0 Å². The molecule has 0 spiro atoms. The van der Waals surface area contributed by atoms with E-state index < -0.39 is 5.56 Å². The molecule has 1 rings (SSSR count). The molecule has 0 radical (unpaired) electrons. The minimum atomic E-state index is -0.447. The molecule has 1 aromatic rings. The van der Waals surface area contributed by atoms with E-state index in [-0.39, 0.29) is 17.2 Å². The molecule has 0 fully saturated rings. The lowest BCUT2D eigenvalue weighted by atomic mass is 10.3. The van der Waals surface area contributed by atoms with Crippen LogP contribution in [0, 0.1) is 0 Å². The van der Waals surface area contributed by atoms with Gasteiger partial charge in [0.1, 0.15) is 0 Å². The van der Waals surface area contributed by atoms with Gasteiger partial charge in [0.05, 0.1) is 0 Å². The second-order valence-corrected chi connectivity index (χ2v) is 2.40. The Labute approximate surface area is 68.3 Å². The largest absolute Gasteiger partial charge is 0.505 e. The van der Waals surface area contributed by atoms with Crippen molar-refractivity contribution in [1.29, 1.82) is 0 Å². The van der Waals surface area contributed by atoms with Gasteiger partial charge >= 0.3 is 0 Å². The Morgan fingerprint density at radius 3 is 2.75 bits per heavy atom. The van der Waals surface area contributed by atoms with Crippen LogP contribution < -0.4 is 5.56 Å². The van der Waals surface area contributed by atoms with Gasteiger partial charge in [-0.05, 0) is 0 Å². The molecule has 64 valence electrons. The SMILES string of the molecule is CC(=O)c1nn(C)c(=O)cc1O. The zero-order valence-corrected chi connectivity index (χ0v) is 6.74. The predicted molar refractivity (Wildman–Crippen MR) is 41.1 cm³/mol. The number of aromatic nitrogens is 2. The van der Waals surface area contributed by atoms with E-state index in [2.05, 4.69) is 5.10 Å². The van der Waals surface area contributed by atoms with Crippen molar-refractivity contribution in [2.24, 2.45) is 7.05 Å². The third-order valence-electron chi connectivity index (χ3n) is 1.41. The van der Waals surface area contributed by atoms with Crippen LogP contribution >= 0.6 is 0 Å². The number of rotatable bonds is 1. The molecule has 0 bridgehead atoms. The summed E-state index contributed by atoms with van der Waals surface area (Å²) in [5, 5.41) is 12.7. The fourth-order valence-electron chi connectivity index (χ4n) is 0.780. The van der Waals surface area contributed by atoms with Crippen LogP contribution in [-0.2, 0) is 7.05 Å². The van der Waals surface area contributed by atoms with Crippen LogP contribution in [-0.4, -0.2) is 20.7 Å². The summed E-state index contributed by atoms with van der Waals surface area (Å²) < 4.78 is 0.996. The Morgan fingerprint density at radius 1 is 1.67 bits per heavy atom. The summed E-state index contributed by atoms with van der Waals surface area (Å²) in [6.45, 7) is 1.27. The van der Waals surface area contributed by atoms with Crippen molar-refractivity contribution in [2.45, 2.75) is 6.92 Å². The van der Waals surface area contributed by atoms with Crippen molar-refractivity contribution >= 4 is 5.78 Å². The normalized spacial score (nSPS) is 9.83. The molecule has 0 amide bonds. The second-order valence-electron chi connectivity index (χ2n) is 2.40. The summed E-state index contributed by atoms with van der Waals surface area (Å²) in [6, 6.07) is 0.962. The van der Waals surface area contributed by atoms with Gasteiger partial charge < -0.3 is 5.11 Å². The number of aromatic hydroxyl groups is 1. The molecule has 0 atom stereocenters. The molecule has 5 heteroatoms. The standard InChI is InChI=1S/C7H8N2O3/c1-4(10)7-5(11)3-6(12)9(2)8-7/h3,11H,1-2H3. The molecule has 0 saturated heterocycles. The number of nitrogens with zero attached hydrogens (tertiary/aromatic N) is 2. The van der Waals surface area contributed by atoms with E-state index in [1.807, 2.05) is 0 Å². The van der Waals surface area contributed by atoms with Gasteiger partial charge in [-0.15, -0.1) is 0 Å². The smallest absolute Gasteiger partial charge is 0.270 e. The number of Topliss-reactive ketones (excluding diaryl/α,β-unsaturated/α-hetero) is 1. The molecule has 1 N–H and O–H groups in total. The fourth-order valence-corrected chi connectivity index (χ4v) is 0.780. The Kier molecular flexibility index (Phi) is 1.95. The lowest BCUT2D eigenvalue weighted by Crippen LogP contribution is -2.20. The number of carbonyl (C=O) groups is 1. The van der Waals surface area contributed by atoms with E-state index >= 15 is 0 Å². The fraction of sp³-hybridized carbons (Fsp3) is 0.286. The zero-order valence-electron chi connectivity index (χ0n) is 6.74. The van der Waals surface area contributed by atoms with E-state index in [9.17, 15) is 9.59 Å². The van der Waals surface area contributed by atoms with E-state index in [0.29, 0.717) is 0 Å². The molecule has 0 aromatic carbocycles. The van der Waals surface area contributed by atoms with Crippen LogP contribution in [0.2, 0.25) is 0 Å². The number of carbonyl (C=O) groups excluding carboxylic acids is 1. The summed E-state index contributed by atoms with van der Waals surface area (Å²) in [6.07, 6.45) is 0. The molecule has 0 saturated carbocycles. The Morgan fingerprint density at radius 2 is 2.25 bits per heavy atom. The topological polar surface area (TPSA) is 72.2 Å². The lowest BCUT2D eigenvalue weighted by Gasteiger charge is -2.00. The van der Waals surface area contributed by atoms with Crippen molar-refractivity contribution in [3.63, 3.8) is 0 Å². The van der Waals surface area contributed by atoms with Crippen molar-refractivity contribution in [3.8, 4) is 5.75 Å². The van der Waals surface area contributed by atoms with Crippen LogP contribution in [0.3, 0.4) is 0 Å². The van der Waals surface area contributed by atoms with E-state index in [0.717, 1.165) is 10.7 Å². The maximum Gasteiger partial charge on any atom is 0.270 e. The lowest BCUT2D eigenvalue weighted by molar-refractivity contribution is 0.100. The summed E-state index contributed by atoms with van der Waals surface area (Å²) in [5.74, 6) is -0.742. The summed E-state index contributed by atoms with van der Waals surface area (Å²) in [4.78, 5) is 21.6. The second kappa shape index (κ2) is 2.77. The quantitative estimate of drug-likeness (QED) is 0.584. The maximum absolute atomic E-state index is 10.8. The molecule has 1 aromatic heterocycles. The summed E-state index contributed by atoms with van der Waals surface area (Å²) in [7, 11) is 1.41. The number of ketones is 1. The Bertz CT molecular complexity index is 381. The monoisotopic (exact) mass is 168 g/mol. The molecule has 0 aliphatic heterocycles. The highest BCUT2D eigenvalue weighted by Crippen LogP contribution is 2.09. The third kappa shape index (κ3) is 1.34. The van der Waals surface area contributed by atoms with Crippen LogP contribution in [0.5, 0.6) is 5.75 Å². The highest BCUT2D eigenvalue weighted by Gasteiger charge is 2.09. The number of hydrogen-bond acceptors (Lipinski definition) is 4. The minimum absolute atomic E-state index is 0.0860. The van der Waals surface area contributed by atoms with Gasteiger partial charge in [-0.2, -0.15) is 5.10 Å². The van der Waals surface area contributed by atoms with Crippen molar-refractivity contribution in [3.05, 3.63) is 22.1 Å². The summed E-state index contributed by atoms with van der Waals surface area (Å²) >= 11 is 0. The number of aryl methyl sites for hydroxylation is 1. The average Bonchev–Trinajstić information content (AvgIpc) is 1.96. The first kappa shape index (κ1) is 8.45. The van der Waals surface area contributed by atoms with Gasteiger partial charge in [0.2, 0.25) is 0 Å². The maximum atomic E-state index is 10.8. The molecular formula is C7H8N2O3. The molecule has 0 aliphatic carbocycles. The van der Waals surface area contributed by atoms with Crippen LogP contribution in [0.1, 0.15) is 17.4 Å². The van der Waals surface area contributed by atoms with Crippen LogP contribution in [0.25, 0.3) is 0 Å². The summed E-state index contributed by atoms with van der Waals surface area (Å²) in [5.41, 5.74) is -0.533. The van der Waals surface area contributed by atoms with Crippen molar-refractivity contribution in [2.75, 3.05) is 0 Å². The van der Waals surface area contributed by atoms with Gasteiger partial charge in [-0.25, -0.2) is 4.68 Å². The number of hydrogen-bond donors (Lipinski definition) is 1. The Hall–Kier alpha value is -1.65. The highest BCUT2D eigenvalue weighted by atomic mass is 16.3. The molecule has 5 nitrogen and oxygen atoms in total.